The van der Waals surface area contributed by atoms with Gasteiger partial charge < -0.3 is 9.47 Å². The lowest BCUT2D eigenvalue weighted by Gasteiger charge is -2.10. The van der Waals surface area contributed by atoms with Gasteiger partial charge in [-0.05, 0) is 28.1 Å². The summed E-state index contributed by atoms with van der Waals surface area (Å²) in [4.78, 5) is 4.48. The first-order chi connectivity index (χ1) is 9.28. The Bertz CT molecular complexity index is 602. The minimum atomic E-state index is 0.433. The van der Waals surface area contributed by atoms with Crippen LogP contribution in [-0.4, -0.2) is 18.2 Å². The summed E-state index contributed by atoms with van der Waals surface area (Å²) in [6.07, 6.45) is 0.893. The fraction of sp³-hybridized carbons (Fsp3) is 0.308. The summed E-state index contributed by atoms with van der Waals surface area (Å²) >= 11 is 10.9. The lowest BCUT2D eigenvalue weighted by molar-refractivity contribution is 0.296. The van der Waals surface area contributed by atoms with Crippen molar-refractivity contribution in [3.8, 4) is 22.1 Å². The molecule has 1 aromatic carbocycles. The Morgan fingerprint density at radius 1 is 1.32 bits per heavy atom. The first-order valence-electron chi connectivity index (χ1n) is 5.88. The van der Waals surface area contributed by atoms with E-state index in [1.807, 2.05) is 17.5 Å². The SMILES string of the molecule is ClCc1csc(-c2cc(Br)c3c(c2)OCCCO3)n1. The molecule has 19 heavy (non-hydrogen) atoms. The maximum atomic E-state index is 5.79. The van der Waals surface area contributed by atoms with Crippen molar-refractivity contribution in [2.24, 2.45) is 0 Å². The van der Waals surface area contributed by atoms with E-state index in [2.05, 4.69) is 20.9 Å². The van der Waals surface area contributed by atoms with Gasteiger partial charge in [0.25, 0.3) is 0 Å². The van der Waals surface area contributed by atoms with E-state index in [1.165, 1.54) is 0 Å². The molecule has 0 saturated heterocycles. The second-order valence-corrected chi connectivity index (χ2v) is 6.09. The predicted octanol–water partition coefficient (Wildman–Crippen LogP) is 4.47. The van der Waals surface area contributed by atoms with Crippen LogP contribution in [0.2, 0.25) is 0 Å². The van der Waals surface area contributed by atoms with Crippen LogP contribution in [0, 0.1) is 0 Å². The molecule has 0 aliphatic carbocycles. The number of thiazole rings is 1. The van der Waals surface area contributed by atoms with Gasteiger partial charge in [0.2, 0.25) is 0 Å². The molecular formula is C13H11BrClNO2S. The van der Waals surface area contributed by atoms with Gasteiger partial charge in [-0.1, -0.05) is 0 Å². The molecule has 2 aromatic rings. The van der Waals surface area contributed by atoms with Gasteiger partial charge in [0.1, 0.15) is 5.01 Å². The number of aromatic nitrogens is 1. The second-order valence-electron chi connectivity index (χ2n) is 4.11. The highest BCUT2D eigenvalue weighted by atomic mass is 79.9. The van der Waals surface area contributed by atoms with Crippen molar-refractivity contribution in [2.45, 2.75) is 12.3 Å². The van der Waals surface area contributed by atoms with Crippen LogP contribution in [0.3, 0.4) is 0 Å². The van der Waals surface area contributed by atoms with Gasteiger partial charge in [0, 0.05) is 17.4 Å². The number of nitrogens with zero attached hydrogens (tertiary/aromatic N) is 1. The van der Waals surface area contributed by atoms with Crippen molar-refractivity contribution < 1.29 is 9.47 Å². The van der Waals surface area contributed by atoms with Gasteiger partial charge in [0.05, 0.1) is 29.3 Å². The molecule has 0 spiro atoms. The van der Waals surface area contributed by atoms with Crippen molar-refractivity contribution in [3.63, 3.8) is 0 Å². The normalized spacial score (nSPS) is 14.2. The van der Waals surface area contributed by atoms with Crippen LogP contribution in [0.5, 0.6) is 11.5 Å². The third-order valence-electron chi connectivity index (χ3n) is 2.74. The number of ether oxygens (including phenoxy) is 2. The molecule has 0 fully saturated rings. The maximum Gasteiger partial charge on any atom is 0.175 e. The number of benzene rings is 1. The van der Waals surface area contributed by atoms with E-state index in [1.54, 1.807) is 11.3 Å². The van der Waals surface area contributed by atoms with E-state index in [0.29, 0.717) is 19.1 Å². The summed E-state index contributed by atoms with van der Waals surface area (Å²) in [5.41, 5.74) is 1.90. The molecule has 100 valence electrons. The zero-order chi connectivity index (χ0) is 13.2. The van der Waals surface area contributed by atoms with Gasteiger partial charge in [-0.2, -0.15) is 0 Å². The summed E-state index contributed by atoms with van der Waals surface area (Å²) in [7, 11) is 0. The van der Waals surface area contributed by atoms with E-state index in [-0.39, 0.29) is 0 Å². The van der Waals surface area contributed by atoms with Gasteiger partial charge >= 0.3 is 0 Å². The molecule has 2 heterocycles. The van der Waals surface area contributed by atoms with Crippen LogP contribution in [0.4, 0.5) is 0 Å². The van der Waals surface area contributed by atoms with E-state index in [9.17, 15) is 0 Å². The fourth-order valence-corrected chi connectivity index (χ4v) is 3.45. The highest BCUT2D eigenvalue weighted by Gasteiger charge is 2.17. The molecule has 0 bridgehead atoms. The van der Waals surface area contributed by atoms with Gasteiger partial charge in [-0.3, -0.25) is 0 Å². The molecule has 1 aliphatic heterocycles. The summed E-state index contributed by atoms with van der Waals surface area (Å²) in [6.45, 7) is 1.35. The van der Waals surface area contributed by atoms with Crippen molar-refractivity contribution >= 4 is 38.9 Å². The average molecular weight is 361 g/mol. The third kappa shape index (κ3) is 2.73. The Balaban J connectivity index is 2.03. The van der Waals surface area contributed by atoms with Crippen LogP contribution < -0.4 is 9.47 Å². The van der Waals surface area contributed by atoms with Crippen LogP contribution >= 0.6 is 38.9 Å². The molecule has 6 heteroatoms. The second kappa shape index (κ2) is 5.69. The third-order valence-corrected chi connectivity index (χ3v) is 4.54. The number of hydrogen-bond donors (Lipinski definition) is 0. The first kappa shape index (κ1) is 13.2. The first-order valence-corrected chi connectivity index (χ1v) is 8.08. The monoisotopic (exact) mass is 359 g/mol. The van der Waals surface area contributed by atoms with Crippen LogP contribution in [-0.2, 0) is 5.88 Å². The highest BCUT2D eigenvalue weighted by molar-refractivity contribution is 9.10. The van der Waals surface area contributed by atoms with Crippen molar-refractivity contribution in [3.05, 3.63) is 27.7 Å². The van der Waals surface area contributed by atoms with E-state index in [0.717, 1.165) is 38.7 Å². The highest BCUT2D eigenvalue weighted by Crippen LogP contribution is 2.41. The molecular weight excluding hydrogens is 350 g/mol. The fourth-order valence-electron chi connectivity index (χ4n) is 1.86. The Morgan fingerprint density at radius 2 is 2.16 bits per heavy atom. The largest absolute Gasteiger partial charge is 0.489 e. The van der Waals surface area contributed by atoms with E-state index in [4.69, 9.17) is 21.1 Å². The van der Waals surface area contributed by atoms with Gasteiger partial charge in [-0.15, -0.1) is 22.9 Å². The molecule has 0 radical (unpaired) electrons. The van der Waals surface area contributed by atoms with Gasteiger partial charge in [-0.25, -0.2) is 4.98 Å². The zero-order valence-electron chi connectivity index (χ0n) is 9.99. The topological polar surface area (TPSA) is 31.4 Å². The smallest absolute Gasteiger partial charge is 0.175 e. The van der Waals surface area contributed by atoms with Crippen molar-refractivity contribution in [2.75, 3.05) is 13.2 Å². The minimum Gasteiger partial charge on any atom is -0.489 e. The van der Waals surface area contributed by atoms with Crippen molar-refractivity contribution in [1.29, 1.82) is 0 Å². The average Bonchev–Trinajstić information content (AvgIpc) is 2.77. The Kier molecular flexibility index (Phi) is 3.96. The Morgan fingerprint density at radius 3 is 2.95 bits per heavy atom. The van der Waals surface area contributed by atoms with Crippen molar-refractivity contribution in [1.82, 2.24) is 4.98 Å². The van der Waals surface area contributed by atoms with Crippen LogP contribution in [0.25, 0.3) is 10.6 Å². The quantitative estimate of drug-likeness (QED) is 0.740. The molecule has 0 atom stereocenters. The molecule has 0 N–H and O–H groups in total. The molecule has 1 aliphatic rings. The summed E-state index contributed by atoms with van der Waals surface area (Å²) in [5.74, 6) is 1.97. The van der Waals surface area contributed by atoms with Crippen LogP contribution in [0.1, 0.15) is 12.1 Å². The molecule has 3 rings (SSSR count). The number of fused-ring (bicyclic) bond motifs is 1. The number of rotatable bonds is 2. The minimum absolute atomic E-state index is 0.433. The summed E-state index contributed by atoms with van der Waals surface area (Å²) < 4.78 is 12.3. The number of halogens is 2. The molecule has 3 nitrogen and oxygen atoms in total. The van der Waals surface area contributed by atoms with Crippen LogP contribution in [0.15, 0.2) is 22.0 Å². The van der Waals surface area contributed by atoms with E-state index >= 15 is 0 Å². The zero-order valence-corrected chi connectivity index (χ0v) is 13.1. The predicted molar refractivity (Wildman–Crippen MR) is 80.4 cm³/mol. The molecule has 0 amide bonds. The standard InChI is InChI=1S/C13H11BrClNO2S/c14-10-4-8(13-16-9(6-15)7-19-13)5-11-12(10)18-3-1-2-17-11/h4-5,7H,1-3,6H2. The molecule has 1 aromatic heterocycles. The summed E-state index contributed by atoms with van der Waals surface area (Å²) in [6, 6.07) is 3.98. The molecule has 0 saturated carbocycles. The Hall–Kier alpha value is -0.780. The number of hydrogen-bond acceptors (Lipinski definition) is 4. The van der Waals surface area contributed by atoms with Gasteiger partial charge in [0.15, 0.2) is 11.5 Å². The summed E-state index contributed by atoms with van der Waals surface area (Å²) in [5, 5.41) is 2.91. The lowest BCUT2D eigenvalue weighted by atomic mass is 10.2. The maximum absolute atomic E-state index is 5.79. The van der Waals surface area contributed by atoms with E-state index < -0.39 is 0 Å². The number of alkyl halides is 1. The Labute approximate surface area is 128 Å². The lowest BCUT2D eigenvalue weighted by Crippen LogP contribution is -1.97. The molecule has 0 unspecified atom stereocenters.